The van der Waals surface area contributed by atoms with Crippen molar-refractivity contribution in [2.24, 2.45) is 0 Å². The number of sulfonamides is 1. The first-order chi connectivity index (χ1) is 12.8. The zero-order valence-electron chi connectivity index (χ0n) is 16.8. The standard InChI is InChI=1S/C21H32N2O3S/c1-17-14-18(2)16-20(15-17)23(27(3,25)26)13-7-10-21(24)22-12-11-19-8-5-4-6-9-19/h8,14-16H,4-7,9-13H2,1-3H3,(H,22,24). The second kappa shape index (κ2) is 9.93. The number of aryl methyl sites for hydroxylation is 2. The molecule has 0 bridgehead atoms. The summed E-state index contributed by atoms with van der Waals surface area (Å²) in [6.07, 6.45) is 10.1. The van der Waals surface area contributed by atoms with E-state index in [4.69, 9.17) is 0 Å². The molecule has 0 fully saturated rings. The Labute approximate surface area is 163 Å². The molecular weight excluding hydrogens is 360 g/mol. The molecule has 1 N–H and O–H groups in total. The molecule has 5 nitrogen and oxygen atoms in total. The number of benzene rings is 1. The number of nitrogens with one attached hydrogen (secondary N) is 1. The third-order valence-electron chi connectivity index (χ3n) is 4.81. The van der Waals surface area contributed by atoms with E-state index in [1.807, 2.05) is 32.0 Å². The van der Waals surface area contributed by atoms with Gasteiger partial charge in [-0.3, -0.25) is 9.10 Å². The lowest BCUT2D eigenvalue weighted by molar-refractivity contribution is -0.121. The van der Waals surface area contributed by atoms with Crippen molar-refractivity contribution in [2.75, 3.05) is 23.7 Å². The highest BCUT2D eigenvalue weighted by atomic mass is 32.2. The minimum absolute atomic E-state index is 0.0136. The molecule has 27 heavy (non-hydrogen) atoms. The van der Waals surface area contributed by atoms with Crippen molar-refractivity contribution in [3.63, 3.8) is 0 Å². The van der Waals surface area contributed by atoms with Crippen LogP contribution in [0.5, 0.6) is 0 Å². The van der Waals surface area contributed by atoms with E-state index in [1.165, 1.54) is 29.0 Å². The number of anilines is 1. The van der Waals surface area contributed by atoms with Crippen molar-refractivity contribution in [1.29, 1.82) is 0 Å². The van der Waals surface area contributed by atoms with Crippen molar-refractivity contribution >= 4 is 21.6 Å². The summed E-state index contributed by atoms with van der Waals surface area (Å²) >= 11 is 0. The molecule has 1 aliphatic carbocycles. The van der Waals surface area contributed by atoms with Gasteiger partial charge in [0.15, 0.2) is 0 Å². The maximum atomic E-state index is 12.2. The number of allylic oxidation sites excluding steroid dienone is 1. The summed E-state index contributed by atoms with van der Waals surface area (Å²) < 4.78 is 25.8. The smallest absolute Gasteiger partial charge is 0.232 e. The van der Waals surface area contributed by atoms with E-state index in [-0.39, 0.29) is 5.91 Å². The molecular formula is C21H32N2O3S. The van der Waals surface area contributed by atoms with Crippen LogP contribution in [0.2, 0.25) is 0 Å². The first kappa shape index (κ1) is 21.5. The highest BCUT2D eigenvalue weighted by Gasteiger charge is 2.18. The van der Waals surface area contributed by atoms with Crippen molar-refractivity contribution in [1.82, 2.24) is 5.32 Å². The van der Waals surface area contributed by atoms with Crippen molar-refractivity contribution < 1.29 is 13.2 Å². The lowest BCUT2D eigenvalue weighted by Gasteiger charge is -2.23. The first-order valence-corrected chi connectivity index (χ1v) is 11.6. The number of nitrogens with zero attached hydrogens (tertiary/aromatic N) is 1. The molecule has 0 saturated carbocycles. The third-order valence-corrected chi connectivity index (χ3v) is 6.01. The van der Waals surface area contributed by atoms with E-state index in [0.29, 0.717) is 31.6 Å². The van der Waals surface area contributed by atoms with Gasteiger partial charge in [0.2, 0.25) is 15.9 Å². The molecule has 0 spiro atoms. The predicted octanol–water partition coefficient (Wildman–Crippen LogP) is 3.86. The summed E-state index contributed by atoms with van der Waals surface area (Å²) in [5.74, 6) is -0.0136. The number of carbonyl (C=O) groups excluding carboxylic acids is 1. The van der Waals surface area contributed by atoms with Gasteiger partial charge in [0, 0.05) is 19.5 Å². The predicted molar refractivity (Wildman–Crippen MR) is 112 cm³/mol. The molecule has 0 unspecified atom stereocenters. The Hall–Kier alpha value is -1.82. The Morgan fingerprint density at radius 3 is 2.44 bits per heavy atom. The van der Waals surface area contributed by atoms with Crippen LogP contribution in [0, 0.1) is 13.8 Å². The number of hydrogen-bond acceptors (Lipinski definition) is 3. The zero-order valence-corrected chi connectivity index (χ0v) is 17.6. The fourth-order valence-corrected chi connectivity index (χ4v) is 4.50. The maximum Gasteiger partial charge on any atom is 0.232 e. The van der Waals surface area contributed by atoms with Crippen LogP contribution >= 0.6 is 0 Å². The second-order valence-electron chi connectivity index (χ2n) is 7.49. The summed E-state index contributed by atoms with van der Waals surface area (Å²) in [7, 11) is -3.39. The van der Waals surface area contributed by atoms with Crippen LogP contribution in [0.15, 0.2) is 29.8 Å². The van der Waals surface area contributed by atoms with Crippen LogP contribution in [-0.4, -0.2) is 33.7 Å². The summed E-state index contributed by atoms with van der Waals surface area (Å²) in [5.41, 5.74) is 4.15. The molecule has 1 amide bonds. The van der Waals surface area contributed by atoms with Gasteiger partial charge < -0.3 is 5.32 Å². The van der Waals surface area contributed by atoms with Gasteiger partial charge in [0.1, 0.15) is 0 Å². The molecule has 1 aromatic rings. The van der Waals surface area contributed by atoms with E-state index in [1.54, 1.807) is 0 Å². The topological polar surface area (TPSA) is 66.5 Å². The van der Waals surface area contributed by atoms with E-state index in [9.17, 15) is 13.2 Å². The third kappa shape index (κ3) is 7.37. The van der Waals surface area contributed by atoms with Crippen LogP contribution < -0.4 is 9.62 Å². The van der Waals surface area contributed by atoms with E-state index >= 15 is 0 Å². The van der Waals surface area contributed by atoms with Crippen LogP contribution in [0.4, 0.5) is 5.69 Å². The fourth-order valence-electron chi connectivity index (χ4n) is 3.55. The molecule has 150 valence electrons. The SMILES string of the molecule is Cc1cc(C)cc(N(CCCC(=O)NCCC2=CCCCC2)S(C)(=O)=O)c1. The molecule has 1 aliphatic rings. The van der Waals surface area contributed by atoms with Crippen LogP contribution in [0.3, 0.4) is 0 Å². The van der Waals surface area contributed by atoms with E-state index < -0.39 is 10.0 Å². The van der Waals surface area contributed by atoms with Gasteiger partial charge in [-0.2, -0.15) is 0 Å². The summed E-state index contributed by atoms with van der Waals surface area (Å²) in [6.45, 7) is 4.87. The first-order valence-electron chi connectivity index (χ1n) is 9.76. The number of rotatable bonds is 9. The van der Waals surface area contributed by atoms with Crippen molar-refractivity contribution in [3.05, 3.63) is 41.0 Å². The van der Waals surface area contributed by atoms with Gasteiger partial charge in [0.05, 0.1) is 11.9 Å². The molecule has 2 rings (SSSR count). The van der Waals surface area contributed by atoms with E-state index in [2.05, 4.69) is 11.4 Å². The normalized spacial score (nSPS) is 14.6. The highest BCUT2D eigenvalue weighted by Crippen LogP contribution is 2.22. The minimum atomic E-state index is -3.39. The molecule has 0 radical (unpaired) electrons. The molecule has 6 heteroatoms. The minimum Gasteiger partial charge on any atom is -0.356 e. The molecule has 0 saturated heterocycles. The Bertz CT molecular complexity index is 764. The van der Waals surface area contributed by atoms with Crippen LogP contribution in [0.25, 0.3) is 0 Å². The molecule has 0 heterocycles. The Kier molecular flexibility index (Phi) is 7.90. The molecule has 0 atom stereocenters. The monoisotopic (exact) mass is 392 g/mol. The van der Waals surface area contributed by atoms with Gasteiger partial charge in [-0.1, -0.05) is 17.7 Å². The molecule has 0 aliphatic heterocycles. The van der Waals surface area contributed by atoms with Crippen LogP contribution in [0.1, 0.15) is 56.1 Å². The second-order valence-corrected chi connectivity index (χ2v) is 9.40. The summed E-state index contributed by atoms with van der Waals surface area (Å²) in [5, 5.41) is 2.95. The average molecular weight is 393 g/mol. The lowest BCUT2D eigenvalue weighted by atomic mass is 9.97. The lowest BCUT2D eigenvalue weighted by Crippen LogP contribution is -2.32. The summed E-state index contributed by atoms with van der Waals surface area (Å²) in [6, 6.07) is 5.75. The summed E-state index contributed by atoms with van der Waals surface area (Å²) in [4.78, 5) is 12.1. The molecule has 1 aromatic carbocycles. The van der Waals surface area contributed by atoms with Crippen molar-refractivity contribution in [2.45, 2.75) is 58.8 Å². The Balaban J connectivity index is 1.82. The van der Waals surface area contributed by atoms with Crippen LogP contribution in [-0.2, 0) is 14.8 Å². The number of amides is 1. The van der Waals surface area contributed by atoms with Gasteiger partial charge in [-0.25, -0.2) is 8.42 Å². The fraction of sp³-hybridized carbons (Fsp3) is 0.571. The number of hydrogen-bond donors (Lipinski definition) is 1. The van der Waals surface area contributed by atoms with E-state index in [0.717, 1.165) is 30.4 Å². The Morgan fingerprint density at radius 2 is 1.85 bits per heavy atom. The van der Waals surface area contributed by atoms with Gasteiger partial charge in [-0.15, -0.1) is 0 Å². The van der Waals surface area contributed by atoms with Gasteiger partial charge >= 0.3 is 0 Å². The molecule has 0 aromatic heterocycles. The van der Waals surface area contributed by atoms with Gasteiger partial charge in [0.25, 0.3) is 0 Å². The maximum absolute atomic E-state index is 12.2. The average Bonchev–Trinajstić information content (AvgIpc) is 2.57. The zero-order chi connectivity index (χ0) is 19.9. The van der Waals surface area contributed by atoms with Crippen molar-refractivity contribution in [3.8, 4) is 0 Å². The Morgan fingerprint density at radius 1 is 1.15 bits per heavy atom. The largest absolute Gasteiger partial charge is 0.356 e. The highest BCUT2D eigenvalue weighted by molar-refractivity contribution is 7.92. The quantitative estimate of drug-likeness (QED) is 0.649. The van der Waals surface area contributed by atoms with Gasteiger partial charge in [-0.05, 0) is 75.6 Å². The number of carbonyl (C=O) groups is 1.